The lowest BCUT2D eigenvalue weighted by atomic mass is 10.1. The van der Waals surface area contributed by atoms with Crippen LogP contribution in [-0.2, 0) is 32.1 Å². The van der Waals surface area contributed by atoms with Gasteiger partial charge in [0.15, 0.2) is 0 Å². The van der Waals surface area contributed by atoms with Gasteiger partial charge < -0.3 is 20.4 Å². The van der Waals surface area contributed by atoms with E-state index in [1.54, 1.807) is 24.3 Å². The van der Waals surface area contributed by atoms with Crippen molar-refractivity contribution in [2.45, 2.75) is 13.0 Å². The van der Waals surface area contributed by atoms with Gasteiger partial charge in [0.05, 0.1) is 26.1 Å². The Balaban J connectivity index is 2.79. The summed E-state index contributed by atoms with van der Waals surface area (Å²) in [5.41, 5.74) is 1.28. The Labute approximate surface area is 155 Å². The van der Waals surface area contributed by atoms with Crippen LogP contribution in [-0.4, -0.2) is 86.8 Å². The second kappa shape index (κ2) is 10.9. The van der Waals surface area contributed by atoms with Crippen molar-refractivity contribution in [2.24, 2.45) is 0 Å². The van der Waals surface area contributed by atoms with Crippen molar-refractivity contribution in [1.82, 2.24) is 9.80 Å². The molecule has 0 atom stereocenters. The van der Waals surface area contributed by atoms with E-state index < -0.39 is 37.0 Å². The highest BCUT2D eigenvalue weighted by molar-refractivity contribution is 5.72. The number of aliphatic carboxylic acids is 4. The van der Waals surface area contributed by atoms with E-state index in [1.807, 2.05) is 0 Å². The van der Waals surface area contributed by atoms with Crippen molar-refractivity contribution in [3.05, 3.63) is 35.4 Å². The zero-order chi connectivity index (χ0) is 20.4. The molecule has 27 heavy (non-hydrogen) atoms. The number of hydrogen-bond acceptors (Lipinski definition) is 6. The van der Waals surface area contributed by atoms with Crippen molar-refractivity contribution < 1.29 is 39.6 Å². The zero-order valence-corrected chi connectivity index (χ0v) is 14.6. The van der Waals surface area contributed by atoms with Crippen LogP contribution in [0.15, 0.2) is 24.3 Å². The Morgan fingerprint density at radius 2 is 1.19 bits per heavy atom. The molecule has 10 nitrogen and oxygen atoms in total. The van der Waals surface area contributed by atoms with E-state index in [2.05, 4.69) is 0 Å². The predicted molar refractivity (Wildman–Crippen MR) is 92.4 cm³/mol. The summed E-state index contributed by atoms with van der Waals surface area (Å²) < 4.78 is 0. The number of nitrogens with zero attached hydrogens (tertiary/aromatic N) is 2. The highest BCUT2D eigenvalue weighted by atomic mass is 16.4. The van der Waals surface area contributed by atoms with Gasteiger partial charge >= 0.3 is 23.9 Å². The van der Waals surface area contributed by atoms with Gasteiger partial charge in [0, 0.05) is 19.6 Å². The Morgan fingerprint density at radius 3 is 1.70 bits per heavy atom. The molecule has 1 rings (SSSR count). The van der Waals surface area contributed by atoms with Crippen LogP contribution in [0.1, 0.15) is 11.1 Å². The average Bonchev–Trinajstić information content (AvgIpc) is 2.50. The summed E-state index contributed by atoms with van der Waals surface area (Å²) in [5, 5.41) is 35.6. The minimum atomic E-state index is -1.18. The maximum absolute atomic E-state index is 11.1. The Kier molecular flexibility index (Phi) is 8.90. The lowest BCUT2D eigenvalue weighted by molar-refractivity contribution is -0.143. The molecule has 0 aromatic heterocycles. The van der Waals surface area contributed by atoms with Crippen LogP contribution >= 0.6 is 0 Å². The van der Waals surface area contributed by atoms with Gasteiger partial charge in [-0.2, -0.15) is 0 Å². The third kappa shape index (κ3) is 9.92. The van der Waals surface area contributed by atoms with Gasteiger partial charge in [0.25, 0.3) is 0 Å². The summed E-state index contributed by atoms with van der Waals surface area (Å²) >= 11 is 0. The number of rotatable bonds is 13. The number of carboxylic acid groups (broad SMARTS) is 4. The quantitative estimate of drug-likeness (QED) is 0.356. The lowest BCUT2D eigenvalue weighted by Gasteiger charge is -2.25. The van der Waals surface area contributed by atoms with Gasteiger partial charge in [0.1, 0.15) is 0 Å². The molecule has 0 fully saturated rings. The summed E-state index contributed by atoms with van der Waals surface area (Å²) in [6, 6.07) is 6.72. The average molecular weight is 382 g/mol. The first-order valence-electron chi connectivity index (χ1n) is 8.05. The first-order chi connectivity index (χ1) is 12.7. The van der Waals surface area contributed by atoms with E-state index >= 15 is 0 Å². The molecule has 0 aliphatic carbocycles. The van der Waals surface area contributed by atoms with E-state index in [0.717, 1.165) is 0 Å². The molecule has 10 heteroatoms. The topological polar surface area (TPSA) is 156 Å². The molecule has 0 amide bonds. The summed E-state index contributed by atoms with van der Waals surface area (Å²) in [6.07, 6.45) is -0.155. The fourth-order valence-electron chi connectivity index (χ4n) is 2.56. The Morgan fingerprint density at radius 1 is 0.704 bits per heavy atom. The molecular weight excluding hydrogens is 360 g/mol. The molecule has 0 aliphatic rings. The normalized spacial score (nSPS) is 10.9. The number of benzene rings is 1. The molecule has 4 N–H and O–H groups in total. The third-order valence-corrected chi connectivity index (χ3v) is 3.56. The van der Waals surface area contributed by atoms with Gasteiger partial charge in [-0.25, -0.2) is 0 Å². The van der Waals surface area contributed by atoms with Gasteiger partial charge in [0.2, 0.25) is 0 Å². The first-order valence-corrected chi connectivity index (χ1v) is 8.05. The Bertz CT molecular complexity index is 675. The zero-order valence-electron chi connectivity index (χ0n) is 14.6. The summed E-state index contributed by atoms with van der Waals surface area (Å²) in [4.78, 5) is 46.3. The Hall–Kier alpha value is -2.98. The molecule has 0 unspecified atom stereocenters. The highest BCUT2D eigenvalue weighted by Gasteiger charge is 2.17. The molecule has 0 saturated heterocycles. The van der Waals surface area contributed by atoms with Gasteiger partial charge in [-0.3, -0.25) is 29.0 Å². The van der Waals surface area contributed by atoms with Crippen LogP contribution in [0.2, 0.25) is 0 Å². The number of carbonyl (C=O) groups is 4. The second-order valence-electron chi connectivity index (χ2n) is 5.99. The number of carboxylic acids is 4. The lowest BCUT2D eigenvalue weighted by Crippen LogP contribution is -2.41. The van der Waals surface area contributed by atoms with Gasteiger partial charge in [-0.1, -0.05) is 24.3 Å². The van der Waals surface area contributed by atoms with Crippen molar-refractivity contribution >= 4 is 23.9 Å². The van der Waals surface area contributed by atoms with Crippen molar-refractivity contribution in [3.8, 4) is 0 Å². The molecule has 1 aromatic carbocycles. The van der Waals surface area contributed by atoms with E-state index in [9.17, 15) is 19.2 Å². The molecule has 0 spiro atoms. The summed E-state index contributed by atoms with van der Waals surface area (Å²) in [5.74, 6) is -4.42. The minimum Gasteiger partial charge on any atom is -0.481 e. The largest absolute Gasteiger partial charge is 0.481 e. The molecule has 148 valence electrons. The van der Waals surface area contributed by atoms with E-state index in [-0.39, 0.29) is 32.6 Å². The fraction of sp³-hybridized carbons (Fsp3) is 0.412. The van der Waals surface area contributed by atoms with Gasteiger partial charge in [-0.15, -0.1) is 0 Å². The van der Waals surface area contributed by atoms with Crippen molar-refractivity contribution in [3.63, 3.8) is 0 Å². The fourth-order valence-corrected chi connectivity index (χ4v) is 2.56. The molecule has 1 aromatic rings. The van der Waals surface area contributed by atoms with Crippen LogP contribution in [0.5, 0.6) is 0 Å². The molecule has 0 radical (unpaired) electrons. The van der Waals surface area contributed by atoms with Crippen LogP contribution < -0.4 is 0 Å². The van der Waals surface area contributed by atoms with Crippen LogP contribution in [0.3, 0.4) is 0 Å². The van der Waals surface area contributed by atoms with Crippen LogP contribution in [0, 0.1) is 0 Å². The molecule has 0 aliphatic heterocycles. The predicted octanol–water partition coefficient (Wildman–Crippen LogP) is -0.328. The highest BCUT2D eigenvalue weighted by Crippen LogP contribution is 2.10. The monoisotopic (exact) mass is 382 g/mol. The molecular formula is C17H22N2O8. The van der Waals surface area contributed by atoms with Crippen molar-refractivity contribution in [2.75, 3.05) is 32.7 Å². The minimum absolute atomic E-state index is 0.0562. The van der Waals surface area contributed by atoms with E-state index in [0.29, 0.717) is 11.1 Å². The molecule has 0 saturated carbocycles. The van der Waals surface area contributed by atoms with Crippen LogP contribution in [0.25, 0.3) is 0 Å². The molecule has 0 heterocycles. The summed E-state index contributed by atoms with van der Waals surface area (Å²) in [6.45, 7) is -0.871. The van der Waals surface area contributed by atoms with E-state index in [4.69, 9.17) is 20.4 Å². The third-order valence-electron chi connectivity index (χ3n) is 3.56. The first kappa shape index (κ1) is 22.1. The maximum Gasteiger partial charge on any atom is 0.317 e. The van der Waals surface area contributed by atoms with Crippen LogP contribution in [0.4, 0.5) is 0 Å². The standard InChI is InChI=1S/C17H22N2O8/c20-14(21)7-12-2-1-3-13(6-12)8-18(9-15(22)23)4-5-19(10-16(24)25)11-17(26)27/h1-3,6H,4-5,7-11H2,(H,20,21)(H,22,23)(H,24,25)(H,26,27). The summed E-state index contributed by atoms with van der Waals surface area (Å²) in [7, 11) is 0. The molecule has 0 bridgehead atoms. The smallest absolute Gasteiger partial charge is 0.317 e. The second-order valence-corrected chi connectivity index (χ2v) is 5.99. The van der Waals surface area contributed by atoms with E-state index in [1.165, 1.54) is 9.80 Å². The number of hydrogen-bond donors (Lipinski definition) is 4. The SMILES string of the molecule is O=C(O)Cc1cccc(CN(CCN(CC(=O)O)CC(=O)O)CC(=O)O)c1. The van der Waals surface area contributed by atoms with Gasteiger partial charge in [-0.05, 0) is 11.1 Å². The van der Waals surface area contributed by atoms with Crippen molar-refractivity contribution in [1.29, 1.82) is 0 Å². The maximum atomic E-state index is 11.1.